The van der Waals surface area contributed by atoms with E-state index in [4.69, 9.17) is 23.7 Å². The Morgan fingerprint density at radius 2 is 1.08 bits per heavy atom. The van der Waals surface area contributed by atoms with E-state index in [1.807, 2.05) is 78.9 Å². The predicted molar refractivity (Wildman–Crippen MR) is 185 cm³/mol. The van der Waals surface area contributed by atoms with Gasteiger partial charge in [-0.15, -0.1) is 0 Å². The fourth-order valence-corrected chi connectivity index (χ4v) is 5.40. The highest BCUT2D eigenvalue weighted by atomic mass is 16.6. The van der Waals surface area contributed by atoms with Crippen LogP contribution in [-0.4, -0.2) is 42.4 Å². The van der Waals surface area contributed by atoms with Gasteiger partial charge < -0.3 is 28.8 Å². The molecule has 0 saturated heterocycles. The van der Waals surface area contributed by atoms with Crippen LogP contribution in [0.4, 0.5) is 11.4 Å². The molecule has 0 bridgehead atoms. The topological polar surface area (TPSA) is 153 Å². The fourth-order valence-electron chi connectivity index (χ4n) is 5.40. The number of rotatable bonds is 17. The Morgan fingerprint density at radius 3 is 1.58 bits per heavy atom. The van der Waals surface area contributed by atoms with Crippen LogP contribution >= 0.6 is 0 Å². The Hall–Kier alpha value is -5.98. The summed E-state index contributed by atoms with van der Waals surface area (Å²) in [6, 6.07) is 33.0. The van der Waals surface area contributed by atoms with Crippen molar-refractivity contribution in [3.05, 3.63) is 163 Å². The molecule has 1 N–H and O–H groups in total. The molecule has 0 aliphatic rings. The van der Waals surface area contributed by atoms with Gasteiger partial charge in [-0.1, -0.05) is 54.6 Å². The van der Waals surface area contributed by atoms with Crippen molar-refractivity contribution in [2.24, 2.45) is 0 Å². The molecule has 50 heavy (non-hydrogen) atoms. The maximum absolute atomic E-state index is 12.4. The molecule has 0 aliphatic heterocycles. The molecule has 1 unspecified atom stereocenters. The highest BCUT2D eigenvalue weighted by Gasteiger charge is 2.29. The molecule has 5 rings (SSSR count). The van der Waals surface area contributed by atoms with Crippen molar-refractivity contribution >= 4 is 11.4 Å². The first-order valence-electron chi connectivity index (χ1n) is 15.7. The lowest BCUT2D eigenvalue weighted by atomic mass is 9.96. The molecule has 0 heterocycles. The van der Waals surface area contributed by atoms with E-state index in [2.05, 4.69) is 0 Å². The lowest BCUT2D eigenvalue weighted by Crippen LogP contribution is -2.15. The molecule has 0 aliphatic carbocycles. The summed E-state index contributed by atoms with van der Waals surface area (Å²) < 4.78 is 29.4. The van der Waals surface area contributed by atoms with Gasteiger partial charge in [-0.25, -0.2) is 0 Å². The third kappa shape index (κ3) is 8.73. The highest BCUT2D eigenvalue weighted by Crippen LogP contribution is 2.41. The number of nitro benzene ring substituents is 2. The SMILES string of the molecule is COc1ccc(C(OC(c2ccccc2)c2cc(OCCCOc3ccc([N+](=O)[O-])c(CO)c3)ccc2[N+](=O)[O-])c2ccc(OC)cc2)cc1. The maximum Gasteiger partial charge on any atom is 0.275 e. The van der Waals surface area contributed by atoms with Gasteiger partial charge in [0.2, 0.25) is 0 Å². The number of nitrogens with zero attached hydrogens (tertiary/aromatic N) is 2. The zero-order chi connectivity index (χ0) is 35.5. The molecule has 1 atom stereocenters. The molecule has 12 nitrogen and oxygen atoms in total. The van der Waals surface area contributed by atoms with Gasteiger partial charge in [0.1, 0.15) is 35.2 Å². The van der Waals surface area contributed by atoms with Crippen molar-refractivity contribution in [3.63, 3.8) is 0 Å². The van der Waals surface area contributed by atoms with Crippen molar-refractivity contribution in [1.29, 1.82) is 0 Å². The minimum absolute atomic E-state index is 0.129. The fraction of sp³-hybridized carbons (Fsp3) is 0.211. The summed E-state index contributed by atoms with van der Waals surface area (Å²) in [5.41, 5.74) is 2.48. The van der Waals surface area contributed by atoms with Crippen LogP contribution < -0.4 is 18.9 Å². The third-order valence-corrected chi connectivity index (χ3v) is 7.93. The molecule has 0 radical (unpaired) electrons. The number of aliphatic hydroxyl groups is 1. The Balaban J connectivity index is 1.41. The van der Waals surface area contributed by atoms with Crippen LogP contribution in [-0.2, 0) is 11.3 Å². The van der Waals surface area contributed by atoms with Gasteiger partial charge in [0.15, 0.2) is 0 Å². The first-order chi connectivity index (χ1) is 24.3. The summed E-state index contributed by atoms with van der Waals surface area (Å²) in [6.45, 7) is -0.0499. The molecule has 0 spiro atoms. The van der Waals surface area contributed by atoms with Gasteiger partial charge in [0.25, 0.3) is 11.4 Å². The van der Waals surface area contributed by atoms with E-state index in [1.165, 1.54) is 24.3 Å². The number of benzene rings is 5. The molecule has 0 aromatic heterocycles. The maximum atomic E-state index is 12.4. The molecule has 258 valence electrons. The molecule has 0 fully saturated rings. The first-order valence-corrected chi connectivity index (χ1v) is 15.7. The van der Waals surface area contributed by atoms with Gasteiger partial charge in [-0.05, 0) is 65.2 Å². The van der Waals surface area contributed by atoms with Crippen LogP contribution in [0.15, 0.2) is 115 Å². The van der Waals surface area contributed by atoms with Crippen LogP contribution in [0.1, 0.15) is 46.4 Å². The summed E-state index contributed by atoms with van der Waals surface area (Å²) in [5, 5.41) is 33.0. The second kappa shape index (κ2) is 16.9. The normalized spacial score (nSPS) is 11.5. The van der Waals surface area contributed by atoms with Crippen molar-refractivity contribution < 1.29 is 38.6 Å². The van der Waals surface area contributed by atoms with Crippen LogP contribution in [0.5, 0.6) is 23.0 Å². The first kappa shape index (κ1) is 35.3. The predicted octanol–water partition coefficient (Wildman–Crippen LogP) is 7.76. The lowest BCUT2D eigenvalue weighted by molar-refractivity contribution is -0.386. The summed E-state index contributed by atoms with van der Waals surface area (Å²) in [4.78, 5) is 22.5. The van der Waals surface area contributed by atoms with Crippen LogP contribution in [0.3, 0.4) is 0 Å². The zero-order valence-corrected chi connectivity index (χ0v) is 27.5. The molecular formula is C38H36N2O10. The Kier molecular flexibility index (Phi) is 11.9. The second-order valence-corrected chi connectivity index (χ2v) is 11.1. The Morgan fingerprint density at radius 1 is 0.600 bits per heavy atom. The van der Waals surface area contributed by atoms with Crippen LogP contribution in [0.25, 0.3) is 0 Å². The molecule has 0 amide bonds. The summed E-state index contributed by atoms with van der Waals surface area (Å²) >= 11 is 0. The van der Waals surface area contributed by atoms with Crippen LogP contribution in [0.2, 0.25) is 0 Å². The number of aliphatic hydroxyl groups excluding tert-OH is 1. The number of nitro groups is 2. The number of hydrogen-bond acceptors (Lipinski definition) is 10. The highest BCUT2D eigenvalue weighted by molar-refractivity contribution is 5.50. The quantitative estimate of drug-likeness (QED) is 0.0586. The standard InChI is InChI=1S/C38H36N2O10/c1-46-30-13-9-27(10-14-30)37(28-11-15-31(47-2)16-12-28)50-38(26-7-4-3-5-8-26)34-24-33(18-20-36(34)40(44)45)49-22-6-21-48-32-17-19-35(39(42)43)29(23-32)25-41/h3-5,7-20,23-24,37-38,41H,6,21-22,25H2,1-2H3. The van der Waals surface area contributed by atoms with Gasteiger partial charge in [-0.2, -0.15) is 0 Å². The zero-order valence-electron chi connectivity index (χ0n) is 27.5. The van der Waals surface area contributed by atoms with Crippen molar-refractivity contribution in [2.45, 2.75) is 25.2 Å². The molecular weight excluding hydrogens is 644 g/mol. The number of hydrogen-bond donors (Lipinski definition) is 1. The van der Waals surface area contributed by atoms with Gasteiger partial charge >= 0.3 is 0 Å². The minimum Gasteiger partial charge on any atom is -0.497 e. The van der Waals surface area contributed by atoms with E-state index >= 15 is 0 Å². The van der Waals surface area contributed by atoms with Crippen LogP contribution in [0, 0.1) is 20.2 Å². The summed E-state index contributed by atoms with van der Waals surface area (Å²) in [6.07, 6.45) is -1.07. The number of methoxy groups -OCH3 is 2. The van der Waals surface area contributed by atoms with E-state index in [1.54, 1.807) is 26.4 Å². The van der Waals surface area contributed by atoms with Crippen molar-refractivity contribution in [1.82, 2.24) is 0 Å². The minimum atomic E-state index is -0.874. The van der Waals surface area contributed by atoms with Crippen molar-refractivity contribution in [2.75, 3.05) is 27.4 Å². The van der Waals surface area contributed by atoms with E-state index < -0.39 is 28.7 Å². The average molecular weight is 681 g/mol. The Bertz CT molecular complexity index is 1840. The molecule has 5 aromatic rings. The van der Waals surface area contributed by atoms with Gasteiger partial charge in [0.05, 0.1) is 55.0 Å². The van der Waals surface area contributed by atoms with E-state index in [9.17, 15) is 25.3 Å². The van der Waals surface area contributed by atoms with Gasteiger partial charge in [0, 0.05) is 18.6 Å². The van der Waals surface area contributed by atoms with E-state index in [-0.39, 0.29) is 30.2 Å². The molecule has 12 heteroatoms. The smallest absolute Gasteiger partial charge is 0.275 e. The second-order valence-electron chi connectivity index (χ2n) is 11.1. The summed E-state index contributed by atoms with van der Waals surface area (Å²) in [7, 11) is 3.18. The van der Waals surface area contributed by atoms with E-state index in [0.717, 1.165) is 11.1 Å². The monoisotopic (exact) mass is 680 g/mol. The number of ether oxygens (including phenoxy) is 5. The third-order valence-electron chi connectivity index (χ3n) is 7.93. The van der Waals surface area contributed by atoms with E-state index in [0.29, 0.717) is 40.5 Å². The summed E-state index contributed by atoms with van der Waals surface area (Å²) in [5.74, 6) is 2.13. The molecule has 5 aromatic carbocycles. The average Bonchev–Trinajstić information content (AvgIpc) is 3.15. The van der Waals surface area contributed by atoms with Crippen molar-refractivity contribution in [3.8, 4) is 23.0 Å². The largest absolute Gasteiger partial charge is 0.497 e. The lowest BCUT2D eigenvalue weighted by Gasteiger charge is -2.27. The Labute approximate surface area is 288 Å². The van der Waals surface area contributed by atoms with Gasteiger partial charge in [-0.3, -0.25) is 20.2 Å². The molecule has 0 saturated carbocycles.